The van der Waals surface area contributed by atoms with Gasteiger partial charge in [-0.3, -0.25) is 4.98 Å². The van der Waals surface area contributed by atoms with E-state index in [0.29, 0.717) is 12.5 Å². The summed E-state index contributed by atoms with van der Waals surface area (Å²) in [6, 6.07) is 0. The fourth-order valence-electron chi connectivity index (χ4n) is 1.37. The first kappa shape index (κ1) is 13.7. The predicted octanol–water partition coefficient (Wildman–Crippen LogP) is 1.81. The molecule has 0 saturated carbocycles. The Hall–Kier alpha value is -1.36. The number of unbranched alkanes of at least 4 members (excludes halogenated alkanes) is 2. The minimum Gasteiger partial charge on any atom is -0.477 e. The lowest BCUT2D eigenvalue weighted by atomic mass is 10.2. The Bertz CT molecular complexity index is 306. The summed E-state index contributed by atoms with van der Waals surface area (Å²) >= 11 is 0. The summed E-state index contributed by atoms with van der Waals surface area (Å²) < 4.78 is 5.41. The summed E-state index contributed by atoms with van der Waals surface area (Å²) in [7, 11) is 0. The summed E-state index contributed by atoms with van der Waals surface area (Å²) in [5.41, 5.74) is 5.43. The maximum atomic E-state index is 5.43. The van der Waals surface area contributed by atoms with Gasteiger partial charge in [-0.15, -0.1) is 0 Å². The van der Waals surface area contributed by atoms with Crippen molar-refractivity contribution >= 4 is 5.82 Å². The molecular weight excluding hydrogens is 216 g/mol. The van der Waals surface area contributed by atoms with Crippen molar-refractivity contribution < 1.29 is 4.74 Å². The molecule has 5 nitrogen and oxygen atoms in total. The quantitative estimate of drug-likeness (QED) is 0.642. The third kappa shape index (κ3) is 6.06. The van der Waals surface area contributed by atoms with Gasteiger partial charge in [0.15, 0.2) is 0 Å². The number of ether oxygens (including phenoxy) is 1. The highest BCUT2D eigenvalue weighted by Gasteiger charge is 1.98. The van der Waals surface area contributed by atoms with Gasteiger partial charge in [0.25, 0.3) is 0 Å². The zero-order chi connectivity index (χ0) is 12.3. The summed E-state index contributed by atoms with van der Waals surface area (Å²) in [4.78, 5) is 8.39. The number of nitrogens with one attached hydrogen (secondary N) is 1. The molecule has 5 heteroatoms. The monoisotopic (exact) mass is 238 g/mol. The van der Waals surface area contributed by atoms with Gasteiger partial charge in [-0.05, 0) is 25.8 Å². The van der Waals surface area contributed by atoms with E-state index in [1.807, 2.05) is 0 Å². The molecule has 1 aromatic heterocycles. The predicted molar refractivity (Wildman–Crippen MR) is 69.2 cm³/mol. The van der Waals surface area contributed by atoms with Gasteiger partial charge in [0, 0.05) is 6.54 Å². The summed E-state index contributed by atoms with van der Waals surface area (Å²) in [5.74, 6) is 1.35. The number of hydrogen-bond donors (Lipinski definition) is 2. The van der Waals surface area contributed by atoms with Crippen molar-refractivity contribution in [3.63, 3.8) is 0 Å². The van der Waals surface area contributed by atoms with Crippen LogP contribution in [0.5, 0.6) is 5.88 Å². The Kier molecular flexibility index (Phi) is 7.06. The first-order chi connectivity index (χ1) is 8.36. The molecule has 0 aliphatic carbocycles. The number of rotatable bonds is 9. The zero-order valence-corrected chi connectivity index (χ0v) is 10.5. The van der Waals surface area contributed by atoms with E-state index >= 15 is 0 Å². The molecule has 0 fully saturated rings. The van der Waals surface area contributed by atoms with Crippen molar-refractivity contribution in [2.45, 2.75) is 32.6 Å². The summed E-state index contributed by atoms with van der Waals surface area (Å²) in [6.45, 7) is 4.40. The van der Waals surface area contributed by atoms with Crippen molar-refractivity contribution in [1.29, 1.82) is 0 Å². The molecule has 1 rings (SSSR count). The largest absolute Gasteiger partial charge is 0.477 e. The van der Waals surface area contributed by atoms with Crippen LogP contribution in [0.3, 0.4) is 0 Å². The van der Waals surface area contributed by atoms with Gasteiger partial charge in [-0.2, -0.15) is 4.98 Å². The Balaban J connectivity index is 2.27. The van der Waals surface area contributed by atoms with Gasteiger partial charge in [0.05, 0.1) is 19.0 Å². The fraction of sp³-hybridized carbons (Fsp3) is 0.667. The molecule has 0 aliphatic rings. The van der Waals surface area contributed by atoms with Crippen LogP contribution in [0.2, 0.25) is 0 Å². The molecule has 1 heterocycles. The molecule has 96 valence electrons. The first-order valence-electron chi connectivity index (χ1n) is 6.25. The van der Waals surface area contributed by atoms with E-state index in [1.54, 1.807) is 12.4 Å². The second-order valence-electron chi connectivity index (χ2n) is 3.87. The number of hydrogen-bond acceptors (Lipinski definition) is 5. The third-order valence-electron chi connectivity index (χ3n) is 2.25. The van der Waals surface area contributed by atoms with Crippen LogP contribution in [0.1, 0.15) is 32.6 Å². The molecule has 3 N–H and O–H groups in total. The second kappa shape index (κ2) is 8.75. The van der Waals surface area contributed by atoms with Crippen LogP contribution in [0.4, 0.5) is 5.82 Å². The van der Waals surface area contributed by atoms with Crippen molar-refractivity contribution in [2.75, 3.05) is 25.0 Å². The highest BCUT2D eigenvalue weighted by atomic mass is 16.5. The lowest BCUT2D eigenvalue weighted by Gasteiger charge is -2.07. The second-order valence-corrected chi connectivity index (χ2v) is 3.87. The molecule has 0 radical (unpaired) electrons. The Morgan fingerprint density at radius 3 is 2.94 bits per heavy atom. The van der Waals surface area contributed by atoms with Crippen LogP contribution in [0.15, 0.2) is 12.4 Å². The van der Waals surface area contributed by atoms with Crippen LogP contribution in [-0.4, -0.2) is 29.7 Å². The average molecular weight is 238 g/mol. The molecule has 0 amide bonds. The van der Waals surface area contributed by atoms with E-state index in [4.69, 9.17) is 10.5 Å². The summed E-state index contributed by atoms with van der Waals surface area (Å²) in [6.07, 6.45) is 7.63. The minimum atomic E-state index is 0.582. The van der Waals surface area contributed by atoms with Gasteiger partial charge in [-0.25, -0.2) is 0 Å². The lowest BCUT2D eigenvalue weighted by molar-refractivity contribution is 0.304. The van der Waals surface area contributed by atoms with E-state index < -0.39 is 0 Å². The van der Waals surface area contributed by atoms with E-state index in [-0.39, 0.29) is 0 Å². The molecule has 0 atom stereocenters. The topological polar surface area (TPSA) is 73.1 Å². The van der Waals surface area contributed by atoms with E-state index in [9.17, 15) is 0 Å². The van der Waals surface area contributed by atoms with Crippen LogP contribution in [0.25, 0.3) is 0 Å². The zero-order valence-electron chi connectivity index (χ0n) is 10.5. The summed E-state index contributed by atoms with van der Waals surface area (Å²) in [5, 5.41) is 3.23. The van der Waals surface area contributed by atoms with Gasteiger partial charge >= 0.3 is 0 Å². The number of nitrogens with zero attached hydrogens (tertiary/aromatic N) is 2. The molecule has 0 saturated heterocycles. The maximum Gasteiger partial charge on any atom is 0.234 e. The number of anilines is 1. The molecule has 0 aromatic carbocycles. The maximum absolute atomic E-state index is 5.43. The standard InChI is InChI=1S/C12H22N4O/c1-2-8-17-12-10-14-9-11(16-12)15-7-5-3-4-6-13/h9-10H,2-8,13H2,1H3,(H,15,16). The van der Waals surface area contributed by atoms with Crippen molar-refractivity contribution in [3.05, 3.63) is 12.4 Å². The van der Waals surface area contributed by atoms with E-state index in [1.165, 1.54) is 0 Å². The van der Waals surface area contributed by atoms with Gasteiger partial charge < -0.3 is 15.8 Å². The normalized spacial score (nSPS) is 10.2. The highest BCUT2D eigenvalue weighted by molar-refractivity contribution is 5.32. The average Bonchev–Trinajstić information content (AvgIpc) is 2.37. The number of nitrogens with two attached hydrogens (primary N) is 1. The SMILES string of the molecule is CCCOc1cncc(NCCCCCN)n1. The van der Waals surface area contributed by atoms with Crippen LogP contribution >= 0.6 is 0 Å². The molecule has 1 aromatic rings. The first-order valence-corrected chi connectivity index (χ1v) is 6.25. The molecular formula is C12H22N4O. The Morgan fingerprint density at radius 2 is 2.18 bits per heavy atom. The van der Waals surface area contributed by atoms with Gasteiger partial charge in [0.1, 0.15) is 5.82 Å². The van der Waals surface area contributed by atoms with Crippen LogP contribution < -0.4 is 15.8 Å². The Morgan fingerprint density at radius 1 is 1.29 bits per heavy atom. The smallest absolute Gasteiger partial charge is 0.234 e. The van der Waals surface area contributed by atoms with E-state index in [0.717, 1.165) is 44.6 Å². The van der Waals surface area contributed by atoms with Crippen molar-refractivity contribution in [2.24, 2.45) is 5.73 Å². The van der Waals surface area contributed by atoms with E-state index in [2.05, 4.69) is 22.2 Å². The van der Waals surface area contributed by atoms with Crippen LogP contribution in [0, 0.1) is 0 Å². The third-order valence-corrected chi connectivity index (χ3v) is 2.25. The van der Waals surface area contributed by atoms with Gasteiger partial charge in [0.2, 0.25) is 5.88 Å². The fourth-order valence-corrected chi connectivity index (χ4v) is 1.37. The Labute approximate surface area is 103 Å². The molecule has 0 aliphatic heterocycles. The molecule has 0 spiro atoms. The molecule has 0 unspecified atom stereocenters. The van der Waals surface area contributed by atoms with Crippen molar-refractivity contribution in [3.8, 4) is 5.88 Å². The van der Waals surface area contributed by atoms with Crippen LogP contribution in [-0.2, 0) is 0 Å². The lowest BCUT2D eigenvalue weighted by Crippen LogP contribution is -2.06. The van der Waals surface area contributed by atoms with Gasteiger partial charge in [-0.1, -0.05) is 13.3 Å². The molecule has 17 heavy (non-hydrogen) atoms. The minimum absolute atomic E-state index is 0.582. The van der Waals surface area contributed by atoms with Crippen molar-refractivity contribution in [1.82, 2.24) is 9.97 Å². The molecule has 0 bridgehead atoms. The highest BCUT2D eigenvalue weighted by Crippen LogP contribution is 2.09. The number of aromatic nitrogens is 2.